The second-order valence-corrected chi connectivity index (χ2v) is 13.4. The van der Waals surface area contributed by atoms with Crippen molar-refractivity contribution < 1.29 is 33.4 Å². The second-order valence-electron chi connectivity index (χ2n) is 13.4. The highest BCUT2D eigenvalue weighted by molar-refractivity contribution is 5.98. The maximum Gasteiger partial charge on any atom is 0.407 e. The van der Waals surface area contributed by atoms with Gasteiger partial charge < -0.3 is 25.8 Å². The lowest BCUT2D eigenvalue weighted by Gasteiger charge is -2.29. The van der Waals surface area contributed by atoms with Gasteiger partial charge in [0.25, 0.3) is 0 Å². The molecule has 5 N–H and O–H groups in total. The minimum Gasteiger partial charge on any atom is -0.478 e. The van der Waals surface area contributed by atoms with Gasteiger partial charge in [-0.2, -0.15) is 5.21 Å². The fourth-order valence-corrected chi connectivity index (χ4v) is 5.82. The number of nitrogens with zero attached hydrogens (tertiary/aromatic N) is 3. The van der Waals surface area contributed by atoms with E-state index in [0.717, 1.165) is 18.4 Å². The number of amides is 3. The van der Waals surface area contributed by atoms with Crippen LogP contribution in [0.3, 0.4) is 0 Å². The zero-order valence-electron chi connectivity index (χ0n) is 28.0. The van der Waals surface area contributed by atoms with Crippen LogP contribution in [-0.4, -0.2) is 67.8 Å². The van der Waals surface area contributed by atoms with Crippen molar-refractivity contribution in [3.8, 4) is 22.5 Å². The van der Waals surface area contributed by atoms with Crippen molar-refractivity contribution in [3.63, 3.8) is 0 Å². The summed E-state index contributed by atoms with van der Waals surface area (Å²) in [6.45, 7) is 5.88. The molecule has 1 aliphatic rings. The highest BCUT2D eigenvalue weighted by Gasteiger charge is 2.30. The Morgan fingerprint density at radius 2 is 1.60 bits per heavy atom. The first-order valence-electron chi connectivity index (χ1n) is 16.4. The Labute approximate surface area is 288 Å². The third-order valence-electron chi connectivity index (χ3n) is 8.47. The minimum absolute atomic E-state index is 0.181. The summed E-state index contributed by atoms with van der Waals surface area (Å²) in [5, 5.41) is 31.7. The number of hydrogen-bond acceptors (Lipinski definition) is 8. The Bertz CT molecular complexity index is 1800. The number of benzene rings is 3. The Kier molecular flexibility index (Phi) is 11.2. The number of carbonyl (C=O) groups is 4. The molecule has 0 bridgehead atoms. The van der Waals surface area contributed by atoms with E-state index < -0.39 is 41.0 Å². The maximum absolute atomic E-state index is 14.3. The van der Waals surface area contributed by atoms with E-state index in [2.05, 4.69) is 36.6 Å². The Morgan fingerprint density at radius 1 is 0.940 bits per heavy atom. The second kappa shape index (κ2) is 15.7. The predicted molar refractivity (Wildman–Crippen MR) is 182 cm³/mol. The van der Waals surface area contributed by atoms with E-state index in [1.165, 1.54) is 18.2 Å². The van der Waals surface area contributed by atoms with Crippen molar-refractivity contribution in [1.29, 1.82) is 0 Å². The van der Waals surface area contributed by atoms with Gasteiger partial charge in [0.1, 0.15) is 17.5 Å². The molecule has 1 heterocycles. The zero-order valence-corrected chi connectivity index (χ0v) is 28.0. The molecular weight excluding hydrogens is 645 g/mol. The molecule has 1 fully saturated rings. The summed E-state index contributed by atoms with van der Waals surface area (Å²) < 4.78 is 19.6. The largest absolute Gasteiger partial charge is 0.478 e. The fourth-order valence-electron chi connectivity index (χ4n) is 5.82. The van der Waals surface area contributed by atoms with Crippen LogP contribution in [0.2, 0.25) is 0 Å². The molecule has 50 heavy (non-hydrogen) atoms. The molecule has 3 aromatic carbocycles. The van der Waals surface area contributed by atoms with Crippen molar-refractivity contribution in [2.24, 2.45) is 11.8 Å². The van der Waals surface area contributed by atoms with Gasteiger partial charge in [-0.05, 0) is 111 Å². The van der Waals surface area contributed by atoms with Crippen molar-refractivity contribution in [2.75, 3.05) is 11.9 Å². The highest BCUT2D eigenvalue weighted by atomic mass is 19.1. The summed E-state index contributed by atoms with van der Waals surface area (Å²) in [6, 6.07) is 17.0. The highest BCUT2D eigenvalue weighted by Crippen LogP contribution is 2.29. The number of H-pyrrole nitrogens is 1. The summed E-state index contributed by atoms with van der Waals surface area (Å²) in [5.74, 6) is -2.47. The monoisotopic (exact) mass is 685 g/mol. The van der Waals surface area contributed by atoms with Gasteiger partial charge in [-0.3, -0.25) is 9.59 Å². The number of carboxylic acid groups (broad SMARTS) is 1. The molecule has 262 valence electrons. The third-order valence-corrected chi connectivity index (χ3v) is 8.47. The number of aromatic carboxylic acids is 1. The van der Waals surface area contributed by atoms with Crippen molar-refractivity contribution >= 4 is 29.6 Å². The summed E-state index contributed by atoms with van der Waals surface area (Å²) in [7, 11) is 0. The van der Waals surface area contributed by atoms with Gasteiger partial charge >= 0.3 is 12.1 Å². The topological polar surface area (TPSA) is 188 Å². The first-order chi connectivity index (χ1) is 23.8. The van der Waals surface area contributed by atoms with Gasteiger partial charge in [-0.25, -0.2) is 14.0 Å². The van der Waals surface area contributed by atoms with Crippen LogP contribution in [0.4, 0.5) is 14.9 Å². The van der Waals surface area contributed by atoms with E-state index in [1.54, 1.807) is 69.3 Å². The lowest BCUT2D eigenvalue weighted by Crippen LogP contribution is -2.48. The number of aromatic nitrogens is 4. The molecule has 14 heteroatoms. The lowest BCUT2D eigenvalue weighted by atomic mass is 9.81. The van der Waals surface area contributed by atoms with Crippen LogP contribution in [0, 0.1) is 17.7 Å². The first kappa shape index (κ1) is 35.6. The number of halogens is 1. The maximum atomic E-state index is 14.3. The van der Waals surface area contributed by atoms with Crippen molar-refractivity contribution in [2.45, 2.75) is 64.5 Å². The van der Waals surface area contributed by atoms with Gasteiger partial charge in [0.15, 0.2) is 0 Å². The number of carboxylic acids is 1. The average Bonchev–Trinajstić information content (AvgIpc) is 3.62. The van der Waals surface area contributed by atoms with E-state index >= 15 is 0 Å². The molecular formula is C36H40FN7O6. The molecule has 1 saturated carbocycles. The zero-order chi connectivity index (χ0) is 35.8. The number of tetrazole rings is 1. The number of alkyl carbamates (subject to hydrolysis) is 1. The molecule has 1 atom stereocenters. The van der Waals surface area contributed by atoms with E-state index in [-0.39, 0.29) is 24.2 Å². The number of rotatable bonds is 11. The molecule has 0 unspecified atom stereocenters. The fraction of sp³-hybridized carbons (Fsp3) is 0.361. The van der Waals surface area contributed by atoms with Crippen LogP contribution in [0.5, 0.6) is 0 Å². The third kappa shape index (κ3) is 9.71. The Hall–Kier alpha value is -5.66. The summed E-state index contributed by atoms with van der Waals surface area (Å²) >= 11 is 0. The van der Waals surface area contributed by atoms with E-state index in [0.29, 0.717) is 47.6 Å². The Balaban J connectivity index is 1.25. The quantitative estimate of drug-likeness (QED) is 0.138. The molecule has 1 aliphatic carbocycles. The van der Waals surface area contributed by atoms with Crippen molar-refractivity contribution in [3.05, 3.63) is 83.7 Å². The number of anilines is 1. The molecule has 3 amide bonds. The Morgan fingerprint density at radius 3 is 2.20 bits per heavy atom. The summed E-state index contributed by atoms with van der Waals surface area (Å²) in [5.41, 5.74) is 2.14. The van der Waals surface area contributed by atoms with E-state index in [9.17, 15) is 23.6 Å². The normalized spacial score (nSPS) is 16.6. The molecule has 5 rings (SSSR count). The van der Waals surface area contributed by atoms with Gasteiger partial charge in [0, 0.05) is 30.1 Å². The number of carbonyl (C=O) groups excluding carboxylic acids is 3. The number of aromatic amines is 1. The SMILES string of the molecule is CC(C)(C)OC(=O)NC[C@H]1CC[C@H](C(=O)N[C@@H](Cc2ccc(-c3ccc(C(=O)O)c(F)c3)cc2)C(=O)Nc2ccc(-c3nn[nH]n3)cc2)CC1. The van der Waals surface area contributed by atoms with E-state index in [1.807, 2.05) is 0 Å². The summed E-state index contributed by atoms with van der Waals surface area (Å²) in [6.07, 6.45) is 2.43. The van der Waals surface area contributed by atoms with Crippen LogP contribution in [-0.2, 0) is 20.7 Å². The van der Waals surface area contributed by atoms with Crippen LogP contribution < -0.4 is 16.0 Å². The number of ether oxygens (including phenoxy) is 1. The average molecular weight is 686 g/mol. The standard InChI is InChI=1S/C36H40FN7O6/c1-36(2,3)50-35(49)38-20-22-6-10-25(11-7-22)32(45)40-30(33(46)39-27-15-12-24(13-16-27)31-41-43-44-42-31)18-21-4-8-23(9-5-21)26-14-17-28(34(47)48)29(37)19-26/h4-5,8-9,12-17,19,22,25,30H,6-7,10-11,18,20H2,1-3H3,(H,38,49)(H,39,46)(H,40,45)(H,47,48)(H,41,42,43,44)/t22-,25-,30-/m0/s1. The van der Waals surface area contributed by atoms with Gasteiger partial charge in [0.2, 0.25) is 17.6 Å². The molecule has 1 aromatic heterocycles. The van der Waals surface area contributed by atoms with Gasteiger partial charge in [0.05, 0.1) is 5.56 Å². The molecule has 0 aliphatic heterocycles. The van der Waals surface area contributed by atoms with Gasteiger partial charge in [-0.1, -0.05) is 30.3 Å². The first-order valence-corrected chi connectivity index (χ1v) is 16.4. The van der Waals surface area contributed by atoms with Crippen LogP contribution in [0.15, 0.2) is 66.7 Å². The lowest BCUT2D eigenvalue weighted by molar-refractivity contribution is -0.130. The number of nitrogens with one attached hydrogen (secondary N) is 4. The molecule has 0 spiro atoms. The van der Waals surface area contributed by atoms with E-state index in [4.69, 9.17) is 9.84 Å². The smallest absolute Gasteiger partial charge is 0.407 e. The molecule has 0 saturated heterocycles. The molecule has 0 radical (unpaired) electrons. The van der Waals surface area contributed by atoms with Crippen molar-refractivity contribution in [1.82, 2.24) is 31.3 Å². The molecule has 13 nitrogen and oxygen atoms in total. The molecule has 4 aromatic rings. The van der Waals surface area contributed by atoms with Gasteiger partial charge in [-0.15, -0.1) is 10.2 Å². The van der Waals surface area contributed by atoms with Crippen LogP contribution >= 0.6 is 0 Å². The predicted octanol–water partition coefficient (Wildman–Crippen LogP) is 5.37. The number of hydrogen-bond donors (Lipinski definition) is 5. The van der Waals surface area contributed by atoms with Crippen LogP contribution in [0.25, 0.3) is 22.5 Å². The minimum atomic E-state index is -1.35. The van der Waals surface area contributed by atoms with Crippen LogP contribution in [0.1, 0.15) is 62.4 Å². The summed E-state index contributed by atoms with van der Waals surface area (Å²) in [4.78, 5) is 50.5.